The highest BCUT2D eigenvalue weighted by Crippen LogP contribution is 2.61. The first-order valence-corrected chi connectivity index (χ1v) is 7.00. The summed E-state index contributed by atoms with van der Waals surface area (Å²) in [5, 5.41) is -3.22. The van der Waals surface area contributed by atoms with Gasteiger partial charge >= 0.3 is 10.9 Å². The molecule has 0 unspecified atom stereocenters. The first-order chi connectivity index (χ1) is 5.39. The second kappa shape index (κ2) is 5.60. The van der Waals surface area contributed by atoms with Crippen LogP contribution in [-0.2, 0) is 4.57 Å². The predicted molar refractivity (Wildman–Crippen MR) is 50.0 cm³/mol. The van der Waals surface area contributed by atoms with Crippen LogP contribution in [0, 0.1) is 0 Å². The number of hydrogen-bond acceptors (Lipinski definition) is 3. The molecule has 68 valence electrons. The Morgan fingerprint density at radius 2 is 1.92 bits per heavy atom. The van der Waals surface area contributed by atoms with Gasteiger partial charge in [-0.3, -0.25) is 4.57 Å². The van der Waals surface area contributed by atoms with Crippen LogP contribution in [0.4, 0.5) is 0 Å². The van der Waals surface area contributed by atoms with E-state index in [9.17, 15) is 9.36 Å². The van der Waals surface area contributed by atoms with Gasteiger partial charge in [-0.05, 0) is 39.8 Å². The SMILES string of the molecule is O=P(Cl)(Cl)Cl.O=c1nccc[nH]1. The van der Waals surface area contributed by atoms with E-state index in [-0.39, 0.29) is 5.69 Å². The molecule has 0 saturated heterocycles. The van der Waals surface area contributed by atoms with Gasteiger partial charge in [-0.1, -0.05) is 0 Å². The molecule has 0 fully saturated rings. The molecule has 0 spiro atoms. The summed E-state index contributed by atoms with van der Waals surface area (Å²) in [6, 6.07) is 1.65. The summed E-state index contributed by atoms with van der Waals surface area (Å²) in [5.74, 6) is 0. The summed E-state index contributed by atoms with van der Waals surface area (Å²) >= 11 is 13.8. The average Bonchev–Trinajstić information content (AvgIpc) is 1.85. The summed E-state index contributed by atoms with van der Waals surface area (Å²) in [6.45, 7) is 0. The second-order valence-electron chi connectivity index (χ2n) is 1.49. The van der Waals surface area contributed by atoms with Crippen LogP contribution in [0.15, 0.2) is 23.3 Å². The van der Waals surface area contributed by atoms with Crippen LogP contribution >= 0.6 is 38.9 Å². The summed E-state index contributed by atoms with van der Waals surface area (Å²) in [5.41, 5.74) is -0.303. The van der Waals surface area contributed by atoms with E-state index in [2.05, 4.69) is 43.7 Å². The minimum Gasteiger partial charge on any atom is -0.313 e. The highest BCUT2D eigenvalue weighted by atomic mass is 36.0. The molecule has 0 saturated carbocycles. The minimum atomic E-state index is -3.22. The molecule has 0 aliphatic heterocycles. The molecule has 0 aliphatic rings. The van der Waals surface area contributed by atoms with Gasteiger partial charge in [0.1, 0.15) is 0 Å². The lowest BCUT2D eigenvalue weighted by molar-refractivity contribution is 0.600. The Balaban J connectivity index is 0.000000217. The normalized spacial score (nSPS) is 9.92. The molecular weight excluding hydrogens is 245 g/mol. The molecule has 0 bridgehead atoms. The van der Waals surface area contributed by atoms with Crippen LogP contribution in [-0.4, -0.2) is 9.97 Å². The third kappa shape index (κ3) is 12.6. The largest absolute Gasteiger partial charge is 0.344 e. The molecule has 12 heavy (non-hydrogen) atoms. The second-order valence-corrected chi connectivity index (χ2v) is 8.12. The Bertz CT molecular complexity index is 296. The van der Waals surface area contributed by atoms with Crippen LogP contribution in [0.5, 0.6) is 0 Å². The predicted octanol–water partition coefficient (Wildman–Crippen LogP) is 2.58. The first kappa shape index (κ1) is 12.0. The number of rotatable bonds is 0. The zero-order chi connectivity index (χ0) is 9.61. The van der Waals surface area contributed by atoms with E-state index < -0.39 is 5.20 Å². The summed E-state index contributed by atoms with van der Waals surface area (Å²) in [7, 11) is 0. The minimum absolute atomic E-state index is 0.303. The first-order valence-electron chi connectivity index (χ1n) is 2.58. The van der Waals surface area contributed by atoms with E-state index >= 15 is 0 Å². The van der Waals surface area contributed by atoms with Gasteiger partial charge in [-0.2, -0.15) is 0 Å². The molecule has 0 aliphatic carbocycles. The van der Waals surface area contributed by atoms with Crippen molar-refractivity contribution in [3.05, 3.63) is 28.9 Å². The molecule has 1 N–H and O–H groups in total. The van der Waals surface area contributed by atoms with E-state index in [0.29, 0.717) is 0 Å². The van der Waals surface area contributed by atoms with Gasteiger partial charge < -0.3 is 4.98 Å². The van der Waals surface area contributed by atoms with Crippen molar-refractivity contribution >= 4 is 38.9 Å². The third-order valence-corrected chi connectivity index (χ3v) is 0.581. The number of aromatic nitrogens is 2. The van der Waals surface area contributed by atoms with Crippen LogP contribution in [0.3, 0.4) is 0 Å². The van der Waals surface area contributed by atoms with Gasteiger partial charge in [0.2, 0.25) is 0 Å². The number of halogens is 3. The quantitative estimate of drug-likeness (QED) is 0.719. The van der Waals surface area contributed by atoms with Gasteiger partial charge in [0.25, 0.3) is 0 Å². The summed E-state index contributed by atoms with van der Waals surface area (Å²) in [4.78, 5) is 15.8. The fourth-order valence-electron chi connectivity index (χ4n) is 0.310. The van der Waals surface area contributed by atoms with Gasteiger partial charge in [0.15, 0.2) is 0 Å². The number of aromatic amines is 1. The monoisotopic (exact) mass is 248 g/mol. The van der Waals surface area contributed by atoms with Crippen LogP contribution in [0.2, 0.25) is 0 Å². The fourth-order valence-corrected chi connectivity index (χ4v) is 0.310. The molecule has 0 aromatic carbocycles. The molecule has 0 radical (unpaired) electrons. The van der Waals surface area contributed by atoms with Crippen LogP contribution < -0.4 is 5.69 Å². The van der Waals surface area contributed by atoms with Gasteiger partial charge in [-0.15, -0.1) is 0 Å². The zero-order valence-electron chi connectivity index (χ0n) is 5.58. The summed E-state index contributed by atoms with van der Waals surface area (Å²) in [6.07, 6.45) is 2.98. The number of nitrogens with one attached hydrogen (secondary N) is 1. The van der Waals surface area contributed by atoms with Gasteiger partial charge in [0, 0.05) is 12.4 Å². The molecule has 1 heterocycles. The number of nitrogens with zero attached hydrogens (tertiary/aromatic N) is 1. The average molecular weight is 249 g/mol. The lowest BCUT2D eigenvalue weighted by Gasteiger charge is -1.74. The Kier molecular flexibility index (Phi) is 5.59. The third-order valence-electron chi connectivity index (χ3n) is 0.581. The summed E-state index contributed by atoms with van der Waals surface area (Å²) < 4.78 is 9.51. The lowest BCUT2D eigenvalue weighted by Crippen LogP contribution is -2.05. The zero-order valence-corrected chi connectivity index (χ0v) is 8.74. The van der Waals surface area contributed by atoms with Crippen LogP contribution in [0.1, 0.15) is 0 Å². The highest BCUT2D eigenvalue weighted by molar-refractivity contribution is 8.24. The maximum atomic E-state index is 10.1. The van der Waals surface area contributed by atoms with E-state index in [4.69, 9.17) is 0 Å². The lowest BCUT2D eigenvalue weighted by atomic mass is 10.7. The van der Waals surface area contributed by atoms with Crippen molar-refractivity contribution in [2.45, 2.75) is 0 Å². The van der Waals surface area contributed by atoms with Crippen molar-refractivity contribution in [1.82, 2.24) is 9.97 Å². The van der Waals surface area contributed by atoms with Crippen molar-refractivity contribution in [3.8, 4) is 0 Å². The van der Waals surface area contributed by atoms with Gasteiger partial charge in [-0.25, -0.2) is 9.78 Å². The molecule has 1 rings (SSSR count). The maximum absolute atomic E-state index is 10.1. The van der Waals surface area contributed by atoms with Crippen molar-refractivity contribution in [3.63, 3.8) is 0 Å². The Morgan fingerprint density at radius 3 is 2.08 bits per heavy atom. The Labute approximate surface area is 82.6 Å². The standard InChI is InChI=1S/C4H4N2O.Cl3OP/c7-4-5-2-1-3-6-4;1-5(2,3)4/h1-3H,(H,5,6,7);. The molecule has 1 aromatic heterocycles. The smallest absolute Gasteiger partial charge is 0.313 e. The fraction of sp³-hybridized carbons (Fsp3) is 0. The molecule has 4 nitrogen and oxygen atoms in total. The molecule has 0 amide bonds. The number of hydrogen-bond donors (Lipinski definition) is 1. The van der Waals surface area contributed by atoms with E-state index in [1.54, 1.807) is 6.07 Å². The van der Waals surface area contributed by atoms with Crippen LogP contribution in [0.25, 0.3) is 0 Å². The van der Waals surface area contributed by atoms with E-state index in [1.807, 2.05) is 0 Å². The van der Waals surface area contributed by atoms with Gasteiger partial charge in [0.05, 0.1) is 0 Å². The molecule has 0 atom stereocenters. The Hall–Kier alpha value is -0.0200. The maximum Gasteiger partial charge on any atom is 0.344 e. The molecule has 1 aromatic rings. The van der Waals surface area contributed by atoms with Crippen molar-refractivity contribution in [2.75, 3.05) is 0 Å². The number of H-pyrrole nitrogens is 1. The van der Waals surface area contributed by atoms with E-state index in [1.165, 1.54) is 12.4 Å². The highest BCUT2D eigenvalue weighted by Gasteiger charge is 2.02. The molecule has 8 heteroatoms. The van der Waals surface area contributed by atoms with Crippen molar-refractivity contribution in [2.24, 2.45) is 0 Å². The van der Waals surface area contributed by atoms with Crippen molar-refractivity contribution < 1.29 is 4.57 Å². The molecular formula is C4H4Cl3N2O2P. The Morgan fingerprint density at radius 1 is 1.42 bits per heavy atom. The topological polar surface area (TPSA) is 62.8 Å². The van der Waals surface area contributed by atoms with E-state index in [0.717, 1.165) is 0 Å². The van der Waals surface area contributed by atoms with Crippen molar-refractivity contribution in [1.29, 1.82) is 0 Å².